The first-order chi connectivity index (χ1) is 8.21. The van der Waals surface area contributed by atoms with E-state index in [0.717, 1.165) is 13.0 Å². The number of rotatable bonds is 5. The maximum atomic E-state index is 3.56. The molecule has 1 nitrogen and oxygen atoms in total. The summed E-state index contributed by atoms with van der Waals surface area (Å²) in [5, 5.41) is 3.56. The second-order valence-corrected chi connectivity index (χ2v) is 6.75. The first-order valence-corrected chi connectivity index (χ1v) is 7.01. The molecule has 0 radical (unpaired) electrons. The van der Waals surface area contributed by atoms with Gasteiger partial charge in [0.25, 0.3) is 0 Å². The first kappa shape index (κ1) is 15.2. The Bertz CT molecular complexity index is 379. The molecule has 0 saturated heterocycles. The second kappa shape index (κ2) is 5.88. The van der Waals surface area contributed by atoms with Crippen LogP contribution in [0.1, 0.15) is 49.9 Å². The molecule has 1 heteroatoms. The molecular weight excluding hydrogens is 218 g/mol. The Labute approximate surface area is 113 Å². The highest BCUT2D eigenvalue weighted by Crippen LogP contribution is 2.26. The third-order valence-electron chi connectivity index (χ3n) is 3.48. The molecule has 18 heavy (non-hydrogen) atoms. The average molecular weight is 247 g/mol. The molecule has 0 bridgehead atoms. The van der Waals surface area contributed by atoms with Gasteiger partial charge in [-0.2, -0.15) is 0 Å². The fourth-order valence-corrected chi connectivity index (χ4v) is 2.51. The zero-order valence-corrected chi connectivity index (χ0v) is 13.1. The van der Waals surface area contributed by atoms with E-state index < -0.39 is 0 Å². The van der Waals surface area contributed by atoms with Gasteiger partial charge in [0.2, 0.25) is 0 Å². The number of aryl methyl sites for hydroxylation is 3. The Balaban J connectivity index is 2.83. The van der Waals surface area contributed by atoms with Gasteiger partial charge < -0.3 is 5.32 Å². The van der Waals surface area contributed by atoms with E-state index in [-0.39, 0.29) is 0 Å². The lowest BCUT2D eigenvalue weighted by atomic mass is 9.82. The van der Waals surface area contributed by atoms with Crippen molar-refractivity contribution in [1.82, 2.24) is 5.32 Å². The van der Waals surface area contributed by atoms with Crippen LogP contribution in [0.25, 0.3) is 0 Å². The number of hydrogen-bond acceptors (Lipinski definition) is 1. The average Bonchev–Trinajstić information content (AvgIpc) is 2.21. The molecule has 1 aromatic carbocycles. The summed E-state index contributed by atoms with van der Waals surface area (Å²) in [5.41, 5.74) is 6.06. The molecule has 1 rings (SSSR count). The predicted octanol–water partition coefficient (Wildman–Crippen LogP) is 4.18. The van der Waals surface area contributed by atoms with Gasteiger partial charge in [-0.1, -0.05) is 45.4 Å². The molecule has 1 aromatic rings. The summed E-state index contributed by atoms with van der Waals surface area (Å²) in [6.07, 6.45) is 1.14. The molecule has 0 unspecified atom stereocenters. The first-order valence-electron chi connectivity index (χ1n) is 7.01. The van der Waals surface area contributed by atoms with Crippen LogP contribution in [-0.2, 0) is 6.42 Å². The molecule has 0 atom stereocenters. The van der Waals surface area contributed by atoms with E-state index in [9.17, 15) is 0 Å². The Hall–Kier alpha value is -0.820. The van der Waals surface area contributed by atoms with Gasteiger partial charge in [-0.15, -0.1) is 0 Å². The van der Waals surface area contributed by atoms with Crippen molar-refractivity contribution in [2.24, 2.45) is 5.41 Å². The minimum Gasteiger partial charge on any atom is -0.314 e. The number of nitrogens with one attached hydrogen (secondary N) is 1. The van der Waals surface area contributed by atoms with Crippen LogP contribution in [-0.4, -0.2) is 12.6 Å². The van der Waals surface area contributed by atoms with Crippen LogP contribution in [0.15, 0.2) is 12.1 Å². The molecule has 0 saturated carbocycles. The quantitative estimate of drug-likeness (QED) is 0.823. The molecule has 0 aliphatic carbocycles. The van der Waals surface area contributed by atoms with Crippen molar-refractivity contribution in [3.63, 3.8) is 0 Å². The van der Waals surface area contributed by atoms with Gasteiger partial charge in [-0.25, -0.2) is 0 Å². The molecule has 0 aliphatic rings. The van der Waals surface area contributed by atoms with Gasteiger partial charge in [0.05, 0.1) is 0 Å². The van der Waals surface area contributed by atoms with E-state index in [1.807, 2.05) is 0 Å². The van der Waals surface area contributed by atoms with E-state index in [2.05, 4.69) is 65.9 Å². The number of hydrogen-bond donors (Lipinski definition) is 1. The third-order valence-corrected chi connectivity index (χ3v) is 3.48. The Morgan fingerprint density at radius 1 is 1.06 bits per heavy atom. The van der Waals surface area contributed by atoms with Crippen LogP contribution in [0.5, 0.6) is 0 Å². The summed E-state index contributed by atoms with van der Waals surface area (Å²) in [6, 6.07) is 5.16. The van der Waals surface area contributed by atoms with E-state index >= 15 is 0 Å². The summed E-state index contributed by atoms with van der Waals surface area (Å²) >= 11 is 0. The SMILES string of the molecule is Cc1cc(C)c(CC(C)(C)CNC(C)C)c(C)c1. The summed E-state index contributed by atoms with van der Waals surface area (Å²) in [5.74, 6) is 0. The summed E-state index contributed by atoms with van der Waals surface area (Å²) in [4.78, 5) is 0. The maximum Gasteiger partial charge on any atom is 0.00106 e. The van der Waals surface area contributed by atoms with E-state index in [4.69, 9.17) is 0 Å². The van der Waals surface area contributed by atoms with Crippen molar-refractivity contribution in [2.45, 2.75) is 60.9 Å². The molecule has 0 amide bonds. The van der Waals surface area contributed by atoms with Crippen molar-refractivity contribution < 1.29 is 0 Å². The Morgan fingerprint density at radius 3 is 2.00 bits per heavy atom. The van der Waals surface area contributed by atoms with E-state index in [1.165, 1.54) is 22.3 Å². The van der Waals surface area contributed by atoms with Crippen molar-refractivity contribution in [2.75, 3.05) is 6.54 Å². The van der Waals surface area contributed by atoms with Crippen LogP contribution in [0, 0.1) is 26.2 Å². The normalized spacial score (nSPS) is 12.2. The standard InChI is InChI=1S/C17H29N/c1-12(2)18-11-17(6,7)10-16-14(4)8-13(3)9-15(16)5/h8-9,12,18H,10-11H2,1-7H3. The van der Waals surface area contributed by atoms with Gasteiger partial charge in [0, 0.05) is 12.6 Å². The van der Waals surface area contributed by atoms with Crippen molar-refractivity contribution in [1.29, 1.82) is 0 Å². The molecule has 0 heterocycles. The van der Waals surface area contributed by atoms with Crippen molar-refractivity contribution in [3.8, 4) is 0 Å². The minimum atomic E-state index is 0.301. The van der Waals surface area contributed by atoms with E-state index in [1.54, 1.807) is 0 Å². The van der Waals surface area contributed by atoms with Gasteiger partial charge >= 0.3 is 0 Å². The molecule has 0 aliphatic heterocycles. The summed E-state index contributed by atoms with van der Waals surface area (Å²) in [7, 11) is 0. The Morgan fingerprint density at radius 2 is 1.56 bits per heavy atom. The molecule has 1 N–H and O–H groups in total. The molecule has 102 valence electrons. The van der Waals surface area contributed by atoms with Crippen LogP contribution in [0.2, 0.25) is 0 Å². The highest BCUT2D eigenvalue weighted by atomic mass is 14.9. The lowest BCUT2D eigenvalue weighted by Crippen LogP contribution is -2.35. The largest absolute Gasteiger partial charge is 0.314 e. The third kappa shape index (κ3) is 4.45. The van der Waals surface area contributed by atoms with Crippen molar-refractivity contribution >= 4 is 0 Å². The van der Waals surface area contributed by atoms with Gasteiger partial charge in [0.1, 0.15) is 0 Å². The van der Waals surface area contributed by atoms with Crippen LogP contribution >= 0.6 is 0 Å². The van der Waals surface area contributed by atoms with Crippen LogP contribution < -0.4 is 5.32 Å². The topological polar surface area (TPSA) is 12.0 Å². The number of benzene rings is 1. The lowest BCUT2D eigenvalue weighted by molar-refractivity contribution is 0.325. The zero-order valence-electron chi connectivity index (χ0n) is 13.1. The summed E-state index contributed by atoms with van der Waals surface area (Å²) < 4.78 is 0. The van der Waals surface area contributed by atoms with Gasteiger partial charge in [-0.3, -0.25) is 0 Å². The van der Waals surface area contributed by atoms with Crippen LogP contribution in [0.3, 0.4) is 0 Å². The molecular formula is C17H29N. The van der Waals surface area contributed by atoms with E-state index in [0.29, 0.717) is 11.5 Å². The highest BCUT2D eigenvalue weighted by molar-refractivity contribution is 5.38. The van der Waals surface area contributed by atoms with Crippen molar-refractivity contribution in [3.05, 3.63) is 34.4 Å². The maximum absolute atomic E-state index is 3.56. The van der Waals surface area contributed by atoms with Crippen LogP contribution in [0.4, 0.5) is 0 Å². The molecule has 0 spiro atoms. The van der Waals surface area contributed by atoms with Gasteiger partial charge in [0.15, 0.2) is 0 Å². The monoisotopic (exact) mass is 247 g/mol. The molecule has 0 aromatic heterocycles. The zero-order chi connectivity index (χ0) is 13.9. The highest BCUT2D eigenvalue weighted by Gasteiger charge is 2.20. The minimum absolute atomic E-state index is 0.301. The fourth-order valence-electron chi connectivity index (χ4n) is 2.51. The predicted molar refractivity (Wildman–Crippen MR) is 81.3 cm³/mol. The second-order valence-electron chi connectivity index (χ2n) is 6.75. The fraction of sp³-hybridized carbons (Fsp3) is 0.647. The Kier molecular flexibility index (Phi) is 4.98. The van der Waals surface area contributed by atoms with Gasteiger partial charge in [-0.05, 0) is 49.3 Å². The smallest absolute Gasteiger partial charge is 0.00106 e. The lowest BCUT2D eigenvalue weighted by Gasteiger charge is -2.28. The molecule has 0 fully saturated rings. The summed E-state index contributed by atoms with van der Waals surface area (Å²) in [6.45, 7) is 16.8.